The third-order valence-electron chi connectivity index (χ3n) is 2.19. The lowest BCUT2D eigenvalue weighted by molar-refractivity contribution is -0.689. The van der Waals surface area contributed by atoms with E-state index in [2.05, 4.69) is 15.9 Å². The van der Waals surface area contributed by atoms with Crippen LogP contribution in [0.3, 0.4) is 0 Å². The average molecular weight is 228 g/mol. The minimum Gasteiger partial charge on any atom is -0.305 e. The van der Waals surface area contributed by atoms with Crippen LogP contribution in [0.1, 0.15) is 11.3 Å². The van der Waals surface area contributed by atoms with E-state index in [0.29, 0.717) is 12.2 Å². The molecule has 0 saturated carbocycles. The molecule has 0 amide bonds. The highest BCUT2D eigenvalue weighted by Crippen LogP contribution is 1.92. The quantitative estimate of drug-likeness (QED) is 0.531. The zero-order valence-electron chi connectivity index (χ0n) is 8.93. The first-order valence-electron chi connectivity index (χ1n) is 4.95. The Labute approximate surface area is 96.8 Å². The molecule has 0 unspecified atom stereocenters. The summed E-state index contributed by atoms with van der Waals surface area (Å²) in [6.07, 6.45) is 8.85. The number of H-pyrrole nitrogens is 2. The Bertz CT molecular complexity index is 663. The van der Waals surface area contributed by atoms with Gasteiger partial charge in [-0.1, -0.05) is 5.92 Å². The maximum atomic E-state index is 11.1. The van der Waals surface area contributed by atoms with Crippen LogP contribution >= 0.6 is 0 Å². The van der Waals surface area contributed by atoms with Gasteiger partial charge in [-0.2, -0.15) is 4.57 Å². The molecule has 0 saturated heterocycles. The zero-order valence-corrected chi connectivity index (χ0v) is 8.93. The van der Waals surface area contributed by atoms with Gasteiger partial charge in [-0.25, -0.2) is 4.79 Å². The lowest BCUT2D eigenvalue weighted by atomic mass is 10.3. The molecule has 84 valence electrons. The van der Waals surface area contributed by atoms with Gasteiger partial charge in [0.15, 0.2) is 18.9 Å². The SMILES string of the molecule is C#Cc1ccc[n+](Cc2cc(=O)[nH]c(=O)[nH]2)c1. The molecule has 2 aromatic heterocycles. The third kappa shape index (κ3) is 2.69. The van der Waals surface area contributed by atoms with Crippen molar-refractivity contribution in [2.24, 2.45) is 0 Å². The number of hydrogen-bond acceptors (Lipinski definition) is 2. The summed E-state index contributed by atoms with van der Waals surface area (Å²) in [5.41, 5.74) is 0.330. The number of rotatable bonds is 2. The van der Waals surface area contributed by atoms with Crippen LogP contribution in [-0.2, 0) is 6.54 Å². The molecule has 0 aliphatic rings. The van der Waals surface area contributed by atoms with Gasteiger partial charge in [0, 0.05) is 12.1 Å². The molecular weight excluding hydrogens is 218 g/mol. The minimum atomic E-state index is -0.513. The third-order valence-corrected chi connectivity index (χ3v) is 2.19. The van der Waals surface area contributed by atoms with Gasteiger partial charge in [-0.15, -0.1) is 6.42 Å². The van der Waals surface area contributed by atoms with Crippen molar-refractivity contribution in [2.75, 3.05) is 0 Å². The second kappa shape index (κ2) is 4.49. The molecule has 5 heteroatoms. The van der Waals surface area contributed by atoms with E-state index in [1.807, 2.05) is 0 Å². The number of aromatic nitrogens is 3. The molecule has 5 nitrogen and oxygen atoms in total. The zero-order chi connectivity index (χ0) is 12.3. The molecule has 17 heavy (non-hydrogen) atoms. The summed E-state index contributed by atoms with van der Waals surface area (Å²) in [4.78, 5) is 26.8. The Morgan fingerprint density at radius 1 is 1.35 bits per heavy atom. The Hall–Kier alpha value is -2.61. The summed E-state index contributed by atoms with van der Waals surface area (Å²) < 4.78 is 1.79. The van der Waals surface area contributed by atoms with Crippen LogP contribution in [0.4, 0.5) is 0 Å². The lowest BCUT2D eigenvalue weighted by Gasteiger charge is -1.97. The Morgan fingerprint density at radius 3 is 2.88 bits per heavy atom. The highest BCUT2D eigenvalue weighted by molar-refractivity contribution is 5.26. The number of pyridine rings is 1. The van der Waals surface area contributed by atoms with E-state index in [1.54, 1.807) is 29.1 Å². The van der Waals surface area contributed by atoms with E-state index in [-0.39, 0.29) is 0 Å². The lowest BCUT2D eigenvalue weighted by Crippen LogP contribution is -2.36. The smallest absolute Gasteiger partial charge is 0.305 e. The molecule has 0 fully saturated rings. The van der Waals surface area contributed by atoms with E-state index in [9.17, 15) is 9.59 Å². The Morgan fingerprint density at radius 2 is 2.18 bits per heavy atom. The van der Waals surface area contributed by atoms with Gasteiger partial charge in [0.05, 0.1) is 11.3 Å². The van der Waals surface area contributed by atoms with Gasteiger partial charge < -0.3 is 4.98 Å². The van der Waals surface area contributed by atoms with E-state index < -0.39 is 11.2 Å². The molecule has 2 aromatic rings. The molecule has 0 atom stereocenters. The summed E-state index contributed by atoms with van der Waals surface area (Å²) in [7, 11) is 0. The van der Waals surface area contributed by atoms with E-state index >= 15 is 0 Å². The second-order valence-corrected chi connectivity index (χ2v) is 3.52. The van der Waals surface area contributed by atoms with Crippen molar-refractivity contribution in [1.29, 1.82) is 0 Å². The van der Waals surface area contributed by atoms with Crippen molar-refractivity contribution in [1.82, 2.24) is 9.97 Å². The van der Waals surface area contributed by atoms with Gasteiger partial charge in [-0.3, -0.25) is 9.78 Å². The van der Waals surface area contributed by atoms with Crippen molar-refractivity contribution in [3.05, 3.63) is 62.7 Å². The summed E-state index contributed by atoms with van der Waals surface area (Å²) >= 11 is 0. The minimum absolute atomic E-state index is 0.384. The average Bonchev–Trinajstić information content (AvgIpc) is 2.28. The van der Waals surface area contributed by atoms with Gasteiger partial charge in [0.25, 0.3) is 5.56 Å². The Kier molecular flexibility index (Phi) is 2.88. The number of hydrogen-bond donors (Lipinski definition) is 2. The van der Waals surface area contributed by atoms with Gasteiger partial charge in [0.2, 0.25) is 0 Å². The first-order chi connectivity index (χ1) is 8.17. The van der Waals surface area contributed by atoms with Crippen LogP contribution in [0.2, 0.25) is 0 Å². The number of nitrogens with zero attached hydrogens (tertiary/aromatic N) is 1. The summed E-state index contributed by atoms with van der Waals surface area (Å²) in [6.45, 7) is 0.384. The topological polar surface area (TPSA) is 69.6 Å². The first-order valence-corrected chi connectivity index (χ1v) is 4.95. The van der Waals surface area contributed by atoms with Crippen LogP contribution in [0.5, 0.6) is 0 Å². The fourth-order valence-electron chi connectivity index (χ4n) is 1.51. The molecule has 0 radical (unpaired) electrons. The molecule has 2 rings (SSSR count). The maximum Gasteiger partial charge on any atom is 0.326 e. The highest BCUT2D eigenvalue weighted by atomic mass is 16.2. The number of terminal acetylenes is 1. The van der Waals surface area contributed by atoms with Crippen molar-refractivity contribution in [3.63, 3.8) is 0 Å². The van der Waals surface area contributed by atoms with Gasteiger partial charge in [-0.05, 0) is 6.07 Å². The predicted molar refractivity (Wildman–Crippen MR) is 61.4 cm³/mol. The molecule has 2 N–H and O–H groups in total. The summed E-state index contributed by atoms with van der Waals surface area (Å²) in [5.74, 6) is 2.52. The summed E-state index contributed by atoms with van der Waals surface area (Å²) in [6, 6.07) is 4.95. The number of nitrogens with one attached hydrogen (secondary N) is 2. The molecule has 0 spiro atoms. The molecular formula is C12H10N3O2+. The van der Waals surface area contributed by atoms with Crippen LogP contribution < -0.4 is 15.8 Å². The fourth-order valence-corrected chi connectivity index (χ4v) is 1.51. The maximum absolute atomic E-state index is 11.1. The van der Waals surface area contributed by atoms with Crippen molar-refractivity contribution in [3.8, 4) is 12.3 Å². The van der Waals surface area contributed by atoms with Crippen LogP contribution in [0.15, 0.2) is 40.2 Å². The standard InChI is InChI=1S/C12H9N3O2/c1-2-9-4-3-5-15(7-9)8-10-6-11(16)14-12(17)13-10/h1,3-7H,8H2,(H-,13,14,16,17)/p+1. The predicted octanol–water partition coefficient (Wildman–Crippen LogP) is -0.620. The molecule has 0 aliphatic heterocycles. The first kappa shape index (κ1) is 10.9. The van der Waals surface area contributed by atoms with Crippen molar-refractivity contribution >= 4 is 0 Å². The second-order valence-electron chi connectivity index (χ2n) is 3.52. The summed E-state index contributed by atoms with van der Waals surface area (Å²) in [5, 5.41) is 0. The van der Waals surface area contributed by atoms with Gasteiger partial charge in [0.1, 0.15) is 0 Å². The van der Waals surface area contributed by atoms with Crippen LogP contribution in [0.25, 0.3) is 0 Å². The van der Waals surface area contributed by atoms with E-state index in [0.717, 1.165) is 5.56 Å². The molecule has 0 aliphatic carbocycles. The number of aromatic amines is 2. The van der Waals surface area contributed by atoms with Crippen molar-refractivity contribution < 1.29 is 4.57 Å². The van der Waals surface area contributed by atoms with Crippen molar-refractivity contribution in [2.45, 2.75) is 6.54 Å². The van der Waals surface area contributed by atoms with E-state index in [1.165, 1.54) is 6.07 Å². The molecule has 2 heterocycles. The van der Waals surface area contributed by atoms with Crippen LogP contribution in [0, 0.1) is 12.3 Å². The normalized spacial score (nSPS) is 9.82. The molecule has 0 bridgehead atoms. The monoisotopic (exact) mass is 228 g/mol. The fraction of sp³-hybridized carbons (Fsp3) is 0.0833. The molecule has 0 aromatic carbocycles. The largest absolute Gasteiger partial charge is 0.326 e. The Balaban J connectivity index is 2.35. The van der Waals surface area contributed by atoms with E-state index in [4.69, 9.17) is 6.42 Å². The van der Waals surface area contributed by atoms with Crippen LogP contribution in [-0.4, -0.2) is 9.97 Å². The van der Waals surface area contributed by atoms with Gasteiger partial charge >= 0.3 is 5.69 Å². The highest BCUT2D eigenvalue weighted by Gasteiger charge is 2.05.